The topological polar surface area (TPSA) is 77.8 Å². The Hall–Kier alpha value is -1.39. The minimum absolute atomic E-state index is 0.00824. The molecular formula is C12H16O4. The van der Waals surface area contributed by atoms with E-state index in [1.54, 1.807) is 0 Å². The van der Waals surface area contributed by atoms with Gasteiger partial charge in [-0.3, -0.25) is 4.79 Å². The second kappa shape index (κ2) is 4.63. The van der Waals surface area contributed by atoms with Crippen LogP contribution in [-0.4, -0.2) is 33.3 Å². The first-order valence-corrected chi connectivity index (χ1v) is 5.02. The normalized spacial score (nSPS) is 13.5. The maximum atomic E-state index is 10.6. The quantitative estimate of drug-likeness (QED) is 0.663. The van der Waals surface area contributed by atoms with Crippen LogP contribution in [-0.2, 0) is 6.42 Å². The average molecular weight is 224 g/mol. The van der Waals surface area contributed by atoms with Crippen LogP contribution in [0.4, 0.5) is 0 Å². The summed E-state index contributed by atoms with van der Waals surface area (Å²) in [6.07, 6.45) is -0.239. The minimum Gasteiger partial charge on any atom is -0.508 e. The molecule has 0 aliphatic heterocycles. The molecule has 0 heterocycles. The fraction of sp³-hybridized carbons (Fsp3) is 0.417. The first kappa shape index (κ1) is 12.7. The van der Waals surface area contributed by atoms with Gasteiger partial charge in [0.05, 0.1) is 11.7 Å². The second-order valence-electron chi connectivity index (χ2n) is 4.38. The van der Waals surface area contributed by atoms with Crippen LogP contribution in [0.25, 0.3) is 0 Å². The van der Waals surface area contributed by atoms with Gasteiger partial charge in [-0.2, -0.15) is 0 Å². The highest BCUT2D eigenvalue weighted by Crippen LogP contribution is 2.22. The molecule has 0 aliphatic carbocycles. The fourth-order valence-corrected chi connectivity index (χ4v) is 1.30. The Morgan fingerprint density at radius 1 is 1.44 bits per heavy atom. The first-order chi connectivity index (χ1) is 7.34. The van der Waals surface area contributed by atoms with E-state index >= 15 is 0 Å². The molecule has 0 saturated heterocycles. The van der Waals surface area contributed by atoms with Crippen LogP contribution in [0.1, 0.15) is 29.8 Å². The van der Waals surface area contributed by atoms with Gasteiger partial charge < -0.3 is 15.3 Å². The zero-order valence-electron chi connectivity index (χ0n) is 9.34. The van der Waals surface area contributed by atoms with Crippen LogP contribution in [0.2, 0.25) is 0 Å². The van der Waals surface area contributed by atoms with Gasteiger partial charge in [0, 0.05) is 12.0 Å². The van der Waals surface area contributed by atoms with Crippen LogP contribution >= 0.6 is 0 Å². The van der Waals surface area contributed by atoms with Crippen molar-refractivity contribution >= 4 is 6.29 Å². The van der Waals surface area contributed by atoms with Crippen LogP contribution < -0.4 is 0 Å². The van der Waals surface area contributed by atoms with Crippen molar-refractivity contribution in [1.82, 2.24) is 0 Å². The van der Waals surface area contributed by atoms with Crippen molar-refractivity contribution in [2.45, 2.75) is 32.0 Å². The van der Waals surface area contributed by atoms with Crippen molar-refractivity contribution in [2.75, 3.05) is 0 Å². The highest BCUT2D eigenvalue weighted by atomic mass is 16.3. The van der Waals surface area contributed by atoms with Gasteiger partial charge in [-0.25, -0.2) is 0 Å². The van der Waals surface area contributed by atoms with Crippen molar-refractivity contribution < 1.29 is 20.1 Å². The number of aliphatic hydroxyl groups is 2. The number of aliphatic hydroxyl groups excluding tert-OH is 1. The van der Waals surface area contributed by atoms with Crippen molar-refractivity contribution in [3.63, 3.8) is 0 Å². The van der Waals surface area contributed by atoms with Crippen molar-refractivity contribution in [2.24, 2.45) is 0 Å². The lowest BCUT2D eigenvalue weighted by atomic mass is 9.94. The summed E-state index contributed by atoms with van der Waals surface area (Å²) in [5, 5.41) is 28.8. The van der Waals surface area contributed by atoms with E-state index in [0.717, 1.165) is 0 Å². The summed E-state index contributed by atoms with van der Waals surface area (Å²) in [5.41, 5.74) is -0.376. The van der Waals surface area contributed by atoms with E-state index in [0.29, 0.717) is 17.4 Å². The van der Waals surface area contributed by atoms with E-state index in [1.165, 1.54) is 32.0 Å². The Balaban J connectivity index is 2.92. The number of phenolic OH excluding ortho intramolecular Hbond substituents is 1. The number of rotatable bonds is 4. The van der Waals surface area contributed by atoms with E-state index in [9.17, 15) is 20.1 Å². The largest absolute Gasteiger partial charge is 0.508 e. The van der Waals surface area contributed by atoms with E-state index < -0.39 is 11.7 Å². The van der Waals surface area contributed by atoms with Crippen molar-refractivity contribution in [1.29, 1.82) is 0 Å². The van der Waals surface area contributed by atoms with Gasteiger partial charge in [0.2, 0.25) is 0 Å². The molecule has 1 aromatic carbocycles. The molecule has 0 spiro atoms. The molecule has 0 amide bonds. The molecular weight excluding hydrogens is 208 g/mol. The highest BCUT2D eigenvalue weighted by molar-refractivity contribution is 5.75. The lowest BCUT2D eigenvalue weighted by Crippen LogP contribution is -2.37. The number of carbonyl (C=O) groups is 1. The van der Waals surface area contributed by atoms with Crippen molar-refractivity contribution in [3.05, 3.63) is 29.3 Å². The zero-order valence-corrected chi connectivity index (χ0v) is 9.34. The Morgan fingerprint density at radius 3 is 2.56 bits per heavy atom. The number of hydrogen-bond acceptors (Lipinski definition) is 4. The molecule has 1 atom stereocenters. The van der Waals surface area contributed by atoms with Crippen LogP contribution in [0.3, 0.4) is 0 Å². The van der Waals surface area contributed by atoms with Gasteiger partial charge in [-0.15, -0.1) is 0 Å². The molecule has 0 radical (unpaired) electrons. The summed E-state index contributed by atoms with van der Waals surface area (Å²) in [6, 6.07) is 4.38. The van der Waals surface area contributed by atoms with Gasteiger partial charge in [0.1, 0.15) is 12.0 Å². The lowest BCUT2D eigenvalue weighted by molar-refractivity contribution is -0.0471. The predicted octanol–water partition coefficient (Wildman–Crippen LogP) is 0.879. The Morgan fingerprint density at radius 2 is 2.06 bits per heavy atom. The number of benzene rings is 1. The smallest absolute Gasteiger partial charge is 0.150 e. The van der Waals surface area contributed by atoms with Gasteiger partial charge >= 0.3 is 0 Å². The zero-order chi connectivity index (χ0) is 12.3. The van der Waals surface area contributed by atoms with Crippen LogP contribution in [0.5, 0.6) is 5.75 Å². The standard InChI is InChI=1S/C12H16O4/c1-12(2,16)11(15)6-9-5-8(7-13)3-4-10(9)14/h3-5,7,11,14-16H,6H2,1-2H3/t11-/m0/s1. The molecule has 0 bridgehead atoms. The molecule has 0 unspecified atom stereocenters. The molecule has 88 valence electrons. The summed E-state index contributed by atoms with van der Waals surface area (Å²) in [7, 11) is 0. The molecule has 0 aliphatic rings. The maximum absolute atomic E-state index is 10.6. The number of hydrogen-bond donors (Lipinski definition) is 3. The summed E-state index contributed by atoms with van der Waals surface area (Å²) < 4.78 is 0. The van der Waals surface area contributed by atoms with Gasteiger partial charge in [-0.05, 0) is 37.6 Å². The van der Waals surface area contributed by atoms with Gasteiger partial charge in [0.15, 0.2) is 0 Å². The number of carbonyl (C=O) groups excluding carboxylic acids is 1. The Labute approximate surface area is 94.2 Å². The highest BCUT2D eigenvalue weighted by Gasteiger charge is 2.25. The average Bonchev–Trinajstić information content (AvgIpc) is 2.19. The molecule has 1 rings (SSSR count). The van der Waals surface area contributed by atoms with Gasteiger partial charge in [0.25, 0.3) is 0 Å². The van der Waals surface area contributed by atoms with Crippen molar-refractivity contribution in [3.8, 4) is 5.75 Å². The van der Waals surface area contributed by atoms with E-state index in [1.807, 2.05) is 0 Å². The van der Waals surface area contributed by atoms with Gasteiger partial charge in [-0.1, -0.05) is 0 Å². The number of aromatic hydroxyl groups is 1. The number of phenols is 1. The molecule has 1 aromatic rings. The molecule has 4 nitrogen and oxygen atoms in total. The third-order valence-corrected chi connectivity index (χ3v) is 2.47. The molecule has 16 heavy (non-hydrogen) atoms. The minimum atomic E-state index is -1.25. The molecule has 0 aromatic heterocycles. The SMILES string of the molecule is CC(C)(O)[C@@H](O)Cc1cc(C=O)ccc1O. The summed E-state index contributed by atoms with van der Waals surface area (Å²) in [4.78, 5) is 10.6. The maximum Gasteiger partial charge on any atom is 0.150 e. The fourth-order valence-electron chi connectivity index (χ4n) is 1.30. The predicted molar refractivity (Wildman–Crippen MR) is 59.5 cm³/mol. The van der Waals surface area contributed by atoms with Crippen LogP contribution in [0, 0.1) is 0 Å². The van der Waals surface area contributed by atoms with E-state index in [-0.39, 0.29) is 12.2 Å². The Bertz CT molecular complexity index is 379. The summed E-state index contributed by atoms with van der Waals surface area (Å²) >= 11 is 0. The van der Waals surface area contributed by atoms with E-state index in [2.05, 4.69) is 0 Å². The number of aldehydes is 1. The van der Waals surface area contributed by atoms with E-state index in [4.69, 9.17) is 0 Å². The second-order valence-corrected chi connectivity index (χ2v) is 4.38. The molecule has 3 N–H and O–H groups in total. The monoisotopic (exact) mass is 224 g/mol. The Kier molecular flexibility index (Phi) is 3.67. The summed E-state index contributed by atoms with van der Waals surface area (Å²) in [5.74, 6) is 0.00824. The lowest BCUT2D eigenvalue weighted by Gasteiger charge is -2.24. The molecule has 0 fully saturated rings. The molecule has 0 saturated carbocycles. The molecule has 4 heteroatoms. The summed E-state index contributed by atoms with van der Waals surface area (Å²) in [6.45, 7) is 2.97. The first-order valence-electron chi connectivity index (χ1n) is 5.02. The third kappa shape index (κ3) is 3.05. The third-order valence-electron chi connectivity index (χ3n) is 2.47. The van der Waals surface area contributed by atoms with Crippen LogP contribution in [0.15, 0.2) is 18.2 Å².